The molecule has 2 heterocycles. The molecule has 0 saturated heterocycles. The number of aromatic nitrogens is 1. The van der Waals surface area contributed by atoms with E-state index in [2.05, 4.69) is 21.2 Å². The number of benzene rings is 2. The average molecular weight is 509 g/mol. The number of anilines is 1. The molecule has 0 radical (unpaired) electrons. The van der Waals surface area contributed by atoms with Crippen LogP contribution in [0.1, 0.15) is 38.1 Å². The first kappa shape index (κ1) is 22.2. The standard InChI is InChI=1S/C25H21BrN2O3S/c1-4-17-14(2)32-24(22(17)25(30)31-3)28-23(29)19-13-21(15-8-7-9-16(26)12-15)27-20-11-6-5-10-18(19)20/h5-13H,4H2,1-3H3,(H,28,29). The van der Waals surface area contributed by atoms with Crippen molar-refractivity contribution in [2.75, 3.05) is 12.4 Å². The minimum atomic E-state index is -0.448. The van der Waals surface area contributed by atoms with Gasteiger partial charge in [-0.1, -0.05) is 53.2 Å². The molecular weight excluding hydrogens is 488 g/mol. The van der Waals surface area contributed by atoms with Gasteiger partial charge in [0.25, 0.3) is 5.91 Å². The highest BCUT2D eigenvalue weighted by atomic mass is 79.9. The van der Waals surface area contributed by atoms with Gasteiger partial charge in [0.1, 0.15) is 5.00 Å². The third-order valence-corrected chi connectivity index (χ3v) is 6.82. The fourth-order valence-corrected chi connectivity index (χ4v) is 5.27. The summed E-state index contributed by atoms with van der Waals surface area (Å²) >= 11 is 4.88. The number of hydrogen-bond donors (Lipinski definition) is 1. The molecule has 2 aromatic heterocycles. The summed E-state index contributed by atoms with van der Waals surface area (Å²) in [5.41, 5.74) is 4.13. The van der Waals surface area contributed by atoms with E-state index < -0.39 is 5.97 Å². The number of rotatable bonds is 5. The number of pyridine rings is 1. The van der Waals surface area contributed by atoms with Gasteiger partial charge >= 0.3 is 5.97 Å². The zero-order valence-corrected chi connectivity index (χ0v) is 20.3. The maximum absolute atomic E-state index is 13.5. The molecule has 1 N–H and O–H groups in total. The van der Waals surface area contributed by atoms with Crippen molar-refractivity contribution in [3.8, 4) is 11.3 Å². The minimum absolute atomic E-state index is 0.297. The number of carbonyl (C=O) groups is 2. The van der Waals surface area contributed by atoms with Crippen LogP contribution < -0.4 is 5.32 Å². The Morgan fingerprint density at radius 3 is 2.62 bits per heavy atom. The Balaban J connectivity index is 1.82. The second-order valence-corrected chi connectivity index (χ2v) is 9.36. The first-order valence-electron chi connectivity index (χ1n) is 10.1. The van der Waals surface area contributed by atoms with Crippen LogP contribution in [-0.4, -0.2) is 24.0 Å². The van der Waals surface area contributed by atoms with Gasteiger partial charge in [0.2, 0.25) is 0 Å². The first-order chi connectivity index (χ1) is 15.4. The lowest BCUT2D eigenvalue weighted by Crippen LogP contribution is -2.15. The lowest BCUT2D eigenvalue weighted by molar-refractivity contribution is 0.0601. The lowest BCUT2D eigenvalue weighted by Gasteiger charge is -2.11. The number of methoxy groups -OCH3 is 1. The summed E-state index contributed by atoms with van der Waals surface area (Å²) in [5.74, 6) is -0.746. The molecule has 4 aromatic rings. The fraction of sp³-hybridized carbons (Fsp3) is 0.160. The molecule has 5 nitrogen and oxygen atoms in total. The summed E-state index contributed by atoms with van der Waals surface area (Å²) in [6.07, 6.45) is 0.674. The smallest absolute Gasteiger partial charge is 0.341 e. The number of esters is 1. The Kier molecular flexibility index (Phi) is 6.39. The predicted molar refractivity (Wildman–Crippen MR) is 133 cm³/mol. The maximum atomic E-state index is 13.5. The van der Waals surface area contributed by atoms with E-state index in [1.54, 1.807) is 6.07 Å². The second kappa shape index (κ2) is 9.22. The molecule has 0 aliphatic heterocycles. The summed E-state index contributed by atoms with van der Waals surface area (Å²) in [5, 5.41) is 4.21. The number of amides is 1. The van der Waals surface area contributed by atoms with Crippen molar-refractivity contribution in [3.05, 3.63) is 80.6 Å². The van der Waals surface area contributed by atoms with E-state index in [0.717, 1.165) is 31.4 Å². The topological polar surface area (TPSA) is 68.3 Å². The van der Waals surface area contributed by atoms with E-state index in [1.807, 2.05) is 62.4 Å². The minimum Gasteiger partial charge on any atom is -0.465 e. The Bertz CT molecular complexity index is 1350. The highest BCUT2D eigenvalue weighted by Gasteiger charge is 2.24. The van der Waals surface area contributed by atoms with Gasteiger partial charge in [0, 0.05) is 20.3 Å². The number of halogens is 1. The largest absolute Gasteiger partial charge is 0.465 e. The third-order valence-electron chi connectivity index (χ3n) is 5.26. The van der Waals surface area contributed by atoms with Crippen LogP contribution in [0.15, 0.2) is 59.1 Å². The van der Waals surface area contributed by atoms with E-state index in [4.69, 9.17) is 9.72 Å². The van der Waals surface area contributed by atoms with Crippen LogP contribution in [0.4, 0.5) is 5.00 Å². The molecule has 0 aliphatic rings. The van der Waals surface area contributed by atoms with E-state index >= 15 is 0 Å². The molecule has 0 atom stereocenters. The third kappa shape index (κ3) is 4.18. The number of nitrogens with zero attached hydrogens (tertiary/aromatic N) is 1. The number of ether oxygens (including phenoxy) is 1. The van der Waals surface area contributed by atoms with Crippen molar-refractivity contribution >= 4 is 55.0 Å². The maximum Gasteiger partial charge on any atom is 0.341 e. The number of nitrogens with one attached hydrogen (secondary N) is 1. The van der Waals surface area contributed by atoms with Gasteiger partial charge in [-0.15, -0.1) is 11.3 Å². The van der Waals surface area contributed by atoms with Crippen molar-refractivity contribution in [2.24, 2.45) is 0 Å². The summed E-state index contributed by atoms with van der Waals surface area (Å²) in [4.78, 5) is 31.6. The number of thiophene rings is 1. The van der Waals surface area contributed by atoms with Gasteiger partial charge in [0.15, 0.2) is 0 Å². The molecule has 0 fully saturated rings. The van der Waals surface area contributed by atoms with Crippen LogP contribution in [0.25, 0.3) is 22.2 Å². The van der Waals surface area contributed by atoms with Crippen molar-refractivity contribution in [3.63, 3.8) is 0 Å². The van der Waals surface area contributed by atoms with Crippen LogP contribution in [0.3, 0.4) is 0 Å². The van der Waals surface area contributed by atoms with E-state index in [-0.39, 0.29) is 5.91 Å². The van der Waals surface area contributed by atoms with Gasteiger partial charge in [-0.05, 0) is 43.2 Å². The van der Waals surface area contributed by atoms with Gasteiger partial charge in [-0.3, -0.25) is 4.79 Å². The summed E-state index contributed by atoms with van der Waals surface area (Å²) in [6, 6.07) is 17.1. The molecule has 32 heavy (non-hydrogen) atoms. The Morgan fingerprint density at radius 1 is 1.12 bits per heavy atom. The summed E-state index contributed by atoms with van der Waals surface area (Å²) in [7, 11) is 1.35. The average Bonchev–Trinajstić information content (AvgIpc) is 3.12. The van der Waals surface area contributed by atoms with Crippen LogP contribution >= 0.6 is 27.3 Å². The molecule has 0 spiro atoms. The highest BCUT2D eigenvalue weighted by molar-refractivity contribution is 9.10. The molecule has 0 unspecified atom stereocenters. The predicted octanol–water partition coefficient (Wildman–Crippen LogP) is 6.64. The van der Waals surface area contributed by atoms with Crippen molar-refractivity contribution in [2.45, 2.75) is 20.3 Å². The molecular formula is C25H21BrN2O3S. The normalized spacial score (nSPS) is 10.9. The van der Waals surface area contributed by atoms with Crippen molar-refractivity contribution < 1.29 is 14.3 Å². The summed E-state index contributed by atoms with van der Waals surface area (Å²) in [6.45, 7) is 3.92. The SMILES string of the molecule is CCc1c(C)sc(NC(=O)c2cc(-c3cccc(Br)c3)nc3ccccc23)c1C(=O)OC. The van der Waals surface area contributed by atoms with Gasteiger partial charge in [-0.2, -0.15) is 0 Å². The summed E-state index contributed by atoms with van der Waals surface area (Å²) < 4.78 is 5.91. The molecule has 1 amide bonds. The van der Waals surface area contributed by atoms with E-state index in [1.165, 1.54) is 18.4 Å². The number of aryl methyl sites for hydroxylation is 1. The van der Waals surface area contributed by atoms with E-state index in [9.17, 15) is 9.59 Å². The zero-order chi connectivity index (χ0) is 22.8. The number of hydrogen-bond acceptors (Lipinski definition) is 5. The van der Waals surface area contributed by atoms with Crippen LogP contribution in [0, 0.1) is 6.92 Å². The van der Waals surface area contributed by atoms with E-state index in [0.29, 0.717) is 28.2 Å². The molecule has 0 aliphatic carbocycles. The highest BCUT2D eigenvalue weighted by Crippen LogP contribution is 2.35. The molecule has 162 valence electrons. The number of para-hydroxylation sites is 1. The fourth-order valence-electron chi connectivity index (χ4n) is 3.74. The quantitative estimate of drug-likeness (QED) is 0.307. The van der Waals surface area contributed by atoms with Crippen LogP contribution in [0.5, 0.6) is 0 Å². The Morgan fingerprint density at radius 2 is 1.91 bits per heavy atom. The molecule has 4 rings (SSSR count). The van der Waals surface area contributed by atoms with Crippen LogP contribution in [-0.2, 0) is 11.2 Å². The van der Waals surface area contributed by atoms with Gasteiger partial charge in [-0.25, -0.2) is 9.78 Å². The zero-order valence-electron chi connectivity index (χ0n) is 17.9. The first-order valence-corrected chi connectivity index (χ1v) is 11.7. The lowest BCUT2D eigenvalue weighted by atomic mass is 10.0. The molecule has 2 aromatic carbocycles. The molecule has 0 bridgehead atoms. The second-order valence-electron chi connectivity index (χ2n) is 7.22. The van der Waals surface area contributed by atoms with Crippen molar-refractivity contribution in [1.29, 1.82) is 0 Å². The Hall–Kier alpha value is -3.03. The molecule has 0 saturated carbocycles. The van der Waals surface area contributed by atoms with Gasteiger partial charge in [0.05, 0.1) is 29.4 Å². The van der Waals surface area contributed by atoms with Crippen molar-refractivity contribution in [1.82, 2.24) is 4.98 Å². The molecule has 7 heteroatoms. The monoisotopic (exact) mass is 508 g/mol. The van der Waals surface area contributed by atoms with Gasteiger partial charge < -0.3 is 10.1 Å². The number of carbonyl (C=O) groups excluding carboxylic acids is 2. The van der Waals surface area contributed by atoms with Crippen LogP contribution in [0.2, 0.25) is 0 Å². The Labute approximate surface area is 198 Å². The number of fused-ring (bicyclic) bond motifs is 1.